The van der Waals surface area contributed by atoms with Crippen LogP contribution >= 0.6 is 0 Å². The predicted molar refractivity (Wildman–Crippen MR) is 79.5 cm³/mol. The maximum Gasteiger partial charge on any atom is 0.240 e. The minimum Gasteiger partial charge on any atom is -0.395 e. The van der Waals surface area contributed by atoms with Crippen molar-refractivity contribution in [2.24, 2.45) is 5.92 Å². The smallest absolute Gasteiger partial charge is 0.240 e. The maximum atomic E-state index is 12.8. The van der Waals surface area contributed by atoms with Gasteiger partial charge in [0, 0.05) is 12.6 Å². The van der Waals surface area contributed by atoms with Crippen molar-refractivity contribution in [3.8, 4) is 0 Å². The molecule has 2 unspecified atom stereocenters. The van der Waals surface area contributed by atoms with E-state index in [-0.39, 0.29) is 18.6 Å². The first-order valence-corrected chi connectivity index (χ1v) is 7.95. The molecule has 0 aromatic rings. The summed E-state index contributed by atoms with van der Waals surface area (Å²) >= 11 is 0. The van der Waals surface area contributed by atoms with E-state index in [9.17, 15) is 9.90 Å². The van der Waals surface area contributed by atoms with Gasteiger partial charge in [-0.25, -0.2) is 0 Å². The summed E-state index contributed by atoms with van der Waals surface area (Å²) in [5, 5.41) is 12.6. The number of aliphatic hydroxyl groups excluding tert-OH is 1. The van der Waals surface area contributed by atoms with Crippen LogP contribution in [0.15, 0.2) is 0 Å². The molecule has 0 bridgehead atoms. The van der Waals surface area contributed by atoms with Crippen molar-refractivity contribution in [2.45, 2.75) is 44.7 Å². The standard InChI is InChI=1S/C15H29N3O2/c1-12-3-6-16-14(11-12)15(20)18(9-10-19)13-4-7-17(2)8-5-13/h12-14,16,19H,3-11H2,1-2H3. The van der Waals surface area contributed by atoms with E-state index >= 15 is 0 Å². The number of rotatable bonds is 4. The van der Waals surface area contributed by atoms with Gasteiger partial charge in [-0.05, 0) is 58.3 Å². The quantitative estimate of drug-likeness (QED) is 0.779. The van der Waals surface area contributed by atoms with Gasteiger partial charge in [0.2, 0.25) is 5.91 Å². The van der Waals surface area contributed by atoms with Gasteiger partial charge in [-0.3, -0.25) is 4.79 Å². The first-order valence-electron chi connectivity index (χ1n) is 7.95. The Morgan fingerprint density at radius 1 is 1.35 bits per heavy atom. The second-order valence-corrected chi connectivity index (χ2v) is 6.43. The molecule has 0 aromatic carbocycles. The summed E-state index contributed by atoms with van der Waals surface area (Å²) in [4.78, 5) is 17.0. The van der Waals surface area contributed by atoms with Crippen LogP contribution in [0.2, 0.25) is 0 Å². The van der Waals surface area contributed by atoms with E-state index < -0.39 is 0 Å². The van der Waals surface area contributed by atoms with E-state index in [2.05, 4.69) is 24.2 Å². The minimum absolute atomic E-state index is 0.0510. The lowest BCUT2D eigenvalue weighted by atomic mass is 9.92. The number of hydrogen-bond acceptors (Lipinski definition) is 4. The summed E-state index contributed by atoms with van der Waals surface area (Å²) in [5.41, 5.74) is 0. The third-order valence-electron chi connectivity index (χ3n) is 4.72. The Morgan fingerprint density at radius 3 is 2.65 bits per heavy atom. The van der Waals surface area contributed by atoms with Gasteiger partial charge in [-0.15, -0.1) is 0 Å². The number of carbonyl (C=O) groups is 1. The highest BCUT2D eigenvalue weighted by Crippen LogP contribution is 2.21. The molecule has 5 heteroatoms. The van der Waals surface area contributed by atoms with Gasteiger partial charge in [0.1, 0.15) is 0 Å². The Kier molecular flexibility index (Phi) is 5.81. The van der Waals surface area contributed by atoms with Crippen LogP contribution in [0.1, 0.15) is 32.6 Å². The van der Waals surface area contributed by atoms with Crippen LogP contribution in [0.5, 0.6) is 0 Å². The summed E-state index contributed by atoms with van der Waals surface area (Å²) in [7, 11) is 2.12. The fourth-order valence-electron chi connectivity index (χ4n) is 3.38. The first kappa shape index (κ1) is 15.7. The Hall–Kier alpha value is -0.650. The number of nitrogens with one attached hydrogen (secondary N) is 1. The topological polar surface area (TPSA) is 55.8 Å². The average molecular weight is 283 g/mol. The molecule has 2 aliphatic rings. The predicted octanol–water partition coefficient (Wildman–Crippen LogP) is 0.290. The number of aliphatic hydroxyl groups is 1. The Labute approximate surface area is 122 Å². The molecular formula is C15H29N3O2. The van der Waals surface area contributed by atoms with Crippen LogP contribution in [0.3, 0.4) is 0 Å². The number of nitrogens with zero attached hydrogens (tertiary/aromatic N) is 2. The average Bonchev–Trinajstić information content (AvgIpc) is 2.45. The van der Waals surface area contributed by atoms with Crippen LogP contribution < -0.4 is 5.32 Å². The zero-order valence-electron chi connectivity index (χ0n) is 12.8. The first-order chi connectivity index (χ1) is 9.61. The summed E-state index contributed by atoms with van der Waals surface area (Å²) < 4.78 is 0. The van der Waals surface area contributed by atoms with Crippen molar-refractivity contribution < 1.29 is 9.90 Å². The Morgan fingerprint density at radius 2 is 2.05 bits per heavy atom. The van der Waals surface area contributed by atoms with Crippen molar-refractivity contribution >= 4 is 5.91 Å². The number of likely N-dealkylation sites (tertiary alicyclic amines) is 1. The van der Waals surface area contributed by atoms with Crippen LogP contribution in [-0.2, 0) is 4.79 Å². The lowest BCUT2D eigenvalue weighted by Gasteiger charge is -2.40. The van der Waals surface area contributed by atoms with Crippen LogP contribution in [-0.4, -0.2) is 72.7 Å². The maximum absolute atomic E-state index is 12.8. The third-order valence-corrected chi connectivity index (χ3v) is 4.72. The van der Waals surface area contributed by atoms with Gasteiger partial charge in [-0.1, -0.05) is 6.92 Å². The highest BCUT2D eigenvalue weighted by Gasteiger charge is 2.32. The fourth-order valence-corrected chi connectivity index (χ4v) is 3.38. The molecule has 2 N–H and O–H groups in total. The van der Waals surface area contributed by atoms with Gasteiger partial charge >= 0.3 is 0 Å². The summed E-state index contributed by atoms with van der Waals surface area (Å²) in [6.45, 7) is 5.74. The molecule has 2 saturated heterocycles. The zero-order valence-corrected chi connectivity index (χ0v) is 12.8. The van der Waals surface area contributed by atoms with Crippen LogP contribution in [0.25, 0.3) is 0 Å². The zero-order chi connectivity index (χ0) is 14.5. The van der Waals surface area contributed by atoms with Gasteiger partial charge in [-0.2, -0.15) is 0 Å². The van der Waals surface area contributed by atoms with Gasteiger partial charge in [0.05, 0.1) is 12.6 Å². The van der Waals surface area contributed by atoms with Gasteiger partial charge in [0.25, 0.3) is 0 Å². The van der Waals surface area contributed by atoms with E-state index in [1.54, 1.807) is 0 Å². The fraction of sp³-hybridized carbons (Fsp3) is 0.933. The summed E-state index contributed by atoms with van der Waals surface area (Å²) in [6, 6.07) is 0.245. The second-order valence-electron chi connectivity index (χ2n) is 6.43. The van der Waals surface area contributed by atoms with E-state index in [0.29, 0.717) is 18.5 Å². The van der Waals surface area contributed by atoms with E-state index in [1.807, 2.05) is 4.90 Å². The third kappa shape index (κ3) is 3.93. The van der Waals surface area contributed by atoms with Crippen LogP contribution in [0, 0.1) is 5.92 Å². The van der Waals surface area contributed by atoms with Crippen molar-refractivity contribution in [3.05, 3.63) is 0 Å². The molecule has 0 spiro atoms. The molecule has 2 aliphatic heterocycles. The van der Waals surface area contributed by atoms with E-state index in [4.69, 9.17) is 0 Å². The number of carbonyl (C=O) groups excluding carboxylic acids is 1. The minimum atomic E-state index is -0.0510. The molecule has 5 nitrogen and oxygen atoms in total. The molecule has 0 saturated carbocycles. The molecule has 0 aliphatic carbocycles. The van der Waals surface area contributed by atoms with Crippen LogP contribution in [0.4, 0.5) is 0 Å². The van der Waals surface area contributed by atoms with Crippen molar-refractivity contribution in [1.29, 1.82) is 0 Å². The summed E-state index contributed by atoms with van der Waals surface area (Å²) in [5.74, 6) is 0.804. The Bertz CT molecular complexity index is 316. The largest absolute Gasteiger partial charge is 0.395 e. The second kappa shape index (κ2) is 7.38. The van der Waals surface area contributed by atoms with E-state index in [1.165, 1.54) is 0 Å². The van der Waals surface area contributed by atoms with Gasteiger partial charge in [0.15, 0.2) is 0 Å². The normalized spacial score (nSPS) is 29.4. The molecule has 20 heavy (non-hydrogen) atoms. The lowest BCUT2D eigenvalue weighted by Crippen LogP contribution is -2.55. The highest BCUT2D eigenvalue weighted by atomic mass is 16.3. The highest BCUT2D eigenvalue weighted by molar-refractivity contribution is 5.82. The lowest BCUT2D eigenvalue weighted by molar-refractivity contribution is -0.138. The number of hydrogen-bond donors (Lipinski definition) is 2. The number of amides is 1. The summed E-state index contributed by atoms with van der Waals surface area (Å²) in [6.07, 6.45) is 4.11. The molecule has 2 heterocycles. The van der Waals surface area contributed by atoms with Crippen molar-refractivity contribution in [1.82, 2.24) is 15.1 Å². The Balaban J connectivity index is 1.97. The van der Waals surface area contributed by atoms with Gasteiger partial charge < -0.3 is 20.2 Å². The molecule has 0 radical (unpaired) electrons. The molecular weight excluding hydrogens is 254 g/mol. The molecule has 0 aromatic heterocycles. The van der Waals surface area contributed by atoms with Crippen molar-refractivity contribution in [3.63, 3.8) is 0 Å². The molecule has 2 atom stereocenters. The molecule has 116 valence electrons. The van der Waals surface area contributed by atoms with Crippen molar-refractivity contribution in [2.75, 3.05) is 39.8 Å². The molecule has 1 amide bonds. The molecule has 2 fully saturated rings. The molecule has 2 rings (SSSR count). The number of piperidine rings is 2. The SMILES string of the molecule is CC1CCNC(C(=O)N(CCO)C2CCN(C)CC2)C1. The monoisotopic (exact) mass is 283 g/mol. The van der Waals surface area contributed by atoms with E-state index in [0.717, 1.165) is 45.3 Å².